The SMILES string of the molecule is O=S(=O)(c1nc2ccccc2s1)C(F)c1ccc2ccccc2c1. The minimum Gasteiger partial charge on any atom is -0.225 e. The monoisotopic (exact) mass is 357 g/mol. The van der Waals surface area contributed by atoms with Crippen LogP contribution in [0, 0.1) is 0 Å². The van der Waals surface area contributed by atoms with Gasteiger partial charge in [0.1, 0.15) is 0 Å². The second kappa shape index (κ2) is 5.65. The smallest absolute Gasteiger partial charge is 0.225 e. The van der Waals surface area contributed by atoms with Gasteiger partial charge in [-0.15, -0.1) is 11.3 Å². The van der Waals surface area contributed by atoms with Crippen molar-refractivity contribution in [3.63, 3.8) is 0 Å². The van der Waals surface area contributed by atoms with Gasteiger partial charge in [0, 0.05) is 5.56 Å². The van der Waals surface area contributed by atoms with Gasteiger partial charge in [0.25, 0.3) is 0 Å². The zero-order valence-electron chi connectivity index (χ0n) is 12.4. The van der Waals surface area contributed by atoms with Gasteiger partial charge in [-0.2, -0.15) is 0 Å². The Balaban J connectivity index is 1.79. The average Bonchev–Trinajstić information content (AvgIpc) is 3.05. The van der Waals surface area contributed by atoms with Gasteiger partial charge in [-0.25, -0.2) is 17.8 Å². The molecule has 0 amide bonds. The molecule has 6 heteroatoms. The van der Waals surface area contributed by atoms with Gasteiger partial charge >= 0.3 is 0 Å². The minimum atomic E-state index is -4.18. The fraction of sp³-hybridized carbons (Fsp3) is 0.0556. The molecule has 4 rings (SSSR count). The summed E-state index contributed by atoms with van der Waals surface area (Å²) in [6.45, 7) is 0. The van der Waals surface area contributed by atoms with E-state index in [1.54, 1.807) is 36.4 Å². The van der Waals surface area contributed by atoms with E-state index in [0.29, 0.717) is 5.52 Å². The van der Waals surface area contributed by atoms with Gasteiger partial charge in [-0.3, -0.25) is 0 Å². The summed E-state index contributed by atoms with van der Waals surface area (Å²) >= 11 is 0.992. The van der Waals surface area contributed by atoms with Gasteiger partial charge in [-0.1, -0.05) is 48.5 Å². The Morgan fingerprint density at radius 1 is 0.917 bits per heavy atom. The van der Waals surface area contributed by atoms with E-state index in [9.17, 15) is 12.8 Å². The number of rotatable bonds is 3. The molecule has 0 saturated carbocycles. The van der Waals surface area contributed by atoms with E-state index in [1.165, 1.54) is 6.07 Å². The highest BCUT2D eigenvalue weighted by atomic mass is 32.2. The Bertz CT molecular complexity index is 1120. The quantitative estimate of drug-likeness (QED) is 0.524. The molecule has 0 aliphatic heterocycles. The molecule has 0 fully saturated rings. The van der Waals surface area contributed by atoms with Crippen molar-refractivity contribution in [3.05, 3.63) is 72.3 Å². The third kappa shape index (κ3) is 2.48. The molecule has 3 aromatic carbocycles. The number of hydrogen-bond donors (Lipinski definition) is 0. The normalized spacial score (nSPS) is 13.4. The molecule has 24 heavy (non-hydrogen) atoms. The Morgan fingerprint density at radius 2 is 1.62 bits per heavy atom. The first-order valence-electron chi connectivity index (χ1n) is 7.28. The number of fused-ring (bicyclic) bond motifs is 2. The number of benzene rings is 3. The number of aromatic nitrogens is 1. The summed E-state index contributed by atoms with van der Waals surface area (Å²) < 4.78 is 40.6. The van der Waals surface area contributed by atoms with Crippen LogP contribution in [0.1, 0.15) is 11.1 Å². The van der Waals surface area contributed by atoms with E-state index >= 15 is 0 Å². The summed E-state index contributed by atoms with van der Waals surface area (Å²) in [6, 6.07) is 19.3. The lowest BCUT2D eigenvalue weighted by molar-refractivity contribution is 0.431. The molecule has 4 aromatic rings. The highest BCUT2D eigenvalue weighted by Crippen LogP contribution is 2.35. The predicted octanol–water partition coefficient (Wildman–Crippen LogP) is 4.89. The maximum atomic E-state index is 14.8. The lowest BCUT2D eigenvalue weighted by Gasteiger charge is -2.09. The number of alkyl halides is 1. The lowest BCUT2D eigenvalue weighted by atomic mass is 10.1. The molecule has 0 spiro atoms. The molecule has 0 aliphatic carbocycles. The third-order valence-electron chi connectivity index (χ3n) is 3.83. The van der Waals surface area contributed by atoms with Crippen molar-refractivity contribution >= 4 is 42.2 Å². The van der Waals surface area contributed by atoms with Crippen molar-refractivity contribution in [1.29, 1.82) is 0 Å². The average molecular weight is 357 g/mol. The van der Waals surface area contributed by atoms with Gasteiger partial charge in [0.2, 0.25) is 19.7 Å². The van der Waals surface area contributed by atoms with Crippen molar-refractivity contribution in [3.8, 4) is 0 Å². The molecule has 0 radical (unpaired) electrons. The number of sulfone groups is 1. The van der Waals surface area contributed by atoms with Crippen molar-refractivity contribution in [1.82, 2.24) is 4.98 Å². The number of nitrogens with zero attached hydrogens (tertiary/aromatic N) is 1. The van der Waals surface area contributed by atoms with E-state index in [0.717, 1.165) is 26.8 Å². The molecule has 1 atom stereocenters. The van der Waals surface area contributed by atoms with Crippen LogP contribution in [0.15, 0.2) is 71.1 Å². The van der Waals surface area contributed by atoms with Crippen molar-refractivity contribution in [2.75, 3.05) is 0 Å². The zero-order valence-corrected chi connectivity index (χ0v) is 14.0. The third-order valence-corrected chi connectivity index (χ3v) is 7.00. The first-order valence-corrected chi connectivity index (χ1v) is 9.64. The van der Waals surface area contributed by atoms with Crippen molar-refractivity contribution in [2.24, 2.45) is 0 Å². The fourth-order valence-corrected chi connectivity index (χ4v) is 5.18. The highest BCUT2D eigenvalue weighted by Gasteiger charge is 2.32. The largest absolute Gasteiger partial charge is 0.241 e. The summed E-state index contributed by atoms with van der Waals surface area (Å²) in [6.07, 6.45) is 0. The van der Waals surface area contributed by atoms with Crippen LogP contribution in [0.4, 0.5) is 4.39 Å². The highest BCUT2D eigenvalue weighted by molar-refractivity contribution is 7.93. The Labute approximate surface area is 142 Å². The van der Waals surface area contributed by atoms with Crippen LogP contribution < -0.4 is 0 Å². The molecular formula is C18H12FNO2S2. The molecule has 0 saturated heterocycles. The molecular weight excluding hydrogens is 345 g/mol. The maximum Gasteiger partial charge on any atom is 0.241 e. The second-order valence-corrected chi connectivity index (χ2v) is 8.59. The lowest BCUT2D eigenvalue weighted by Crippen LogP contribution is -2.09. The maximum absolute atomic E-state index is 14.8. The summed E-state index contributed by atoms with van der Waals surface area (Å²) in [5.74, 6) is 0. The van der Waals surface area contributed by atoms with Gasteiger partial charge < -0.3 is 0 Å². The summed E-state index contributed by atoms with van der Waals surface area (Å²) in [4.78, 5) is 4.08. The summed E-state index contributed by atoms with van der Waals surface area (Å²) in [5.41, 5.74) is -1.46. The van der Waals surface area contributed by atoms with Crippen LogP contribution >= 0.6 is 11.3 Å². The first kappa shape index (κ1) is 15.2. The van der Waals surface area contributed by atoms with Gasteiger partial charge in [0.05, 0.1) is 10.2 Å². The number of para-hydroxylation sites is 1. The second-order valence-electron chi connectivity index (χ2n) is 5.42. The Kier molecular flexibility index (Phi) is 3.58. The van der Waals surface area contributed by atoms with Crippen LogP contribution in [-0.4, -0.2) is 13.4 Å². The van der Waals surface area contributed by atoms with Crippen LogP contribution in [0.3, 0.4) is 0 Å². The van der Waals surface area contributed by atoms with Crippen LogP contribution in [0.2, 0.25) is 0 Å². The van der Waals surface area contributed by atoms with E-state index in [4.69, 9.17) is 0 Å². The predicted molar refractivity (Wildman–Crippen MR) is 94.6 cm³/mol. The Hall–Kier alpha value is -2.31. The standard InChI is InChI=1S/C18H12FNO2S2/c19-17(14-10-9-12-5-1-2-6-13(12)11-14)24(21,22)18-20-15-7-3-4-8-16(15)23-18/h1-11,17H. The number of hydrogen-bond acceptors (Lipinski definition) is 4. The van der Waals surface area contributed by atoms with Gasteiger partial charge in [0.15, 0.2) is 0 Å². The summed E-state index contributed by atoms with van der Waals surface area (Å²) in [7, 11) is -4.18. The van der Waals surface area contributed by atoms with E-state index in [2.05, 4.69) is 4.98 Å². The van der Waals surface area contributed by atoms with Crippen LogP contribution in [0.5, 0.6) is 0 Å². The fourth-order valence-electron chi connectivity index (χ4n) is 2.59. The molecule has 120 valence electrons. The van der Waals surface area contributed by atoms with Gasteiger partial charge in [-0.05, 0) is 29.0 Å². The van der Waals surface area contributed by atoms with Crippen LogP contribution in [0.25, 0.3) is 21.0 Å². The van der Waals surface area contributed by atoms with E-state index in [-0.39, 0.29) is 9.90 Å². The van der Waals surface area contributed by atoms with E-state index in [1.807, 2.05) is 24.3 Å². The van der Waals surface area contributed by atoms with Crippen molar-refractivity contribution < 1.29 is 12.8 Å². The summed E-state index contributed by atoms with van der Waals surface area (Å²) in [5, 5.41) is 1.74. The zero-order chi connectivity index (χ0) is 16.7. The van der Waals surface area contributed by atoms with Crippen molar-refractivity contribution in [2.45, 2.75) is 9.84 Å². The van der Waals surface area contributed by atoms with Crippen LogP contribution in [-0.2, 0) is 9.84 Å². The molecule has 1 unspecified atom stereocenters. The molecule has 0 aliphatic rings. The topological polar surface area (TPSA) is 47.0 Å². The first-order chi connectivity index (χ1) is 11.6. The molecule has 0 bridgehead atoms. The molecule has 3 nitrogen and oxygen atoms in total. The molecule has 1 heterocycles. The minimum absolute atomic E-state index is 0.118. The molecule has 0 N–H and O–H groups in total. The molecule has 1 aromatic heterocycles. The Morgan fingerprint density at radius 3 is 2.42 bits per heavy atom. The number of halogens is 1. The van der Waals surface area contributed by atoms with E-state index < -0.39 is 15.3 Å². The number of thiazole rings is 1.